The summed E-state index contributed by atoms with van der Waals surface area (Å²) in [6.07, 6.45) is 4.19. The third kappa shape index (κ3) is 29.8. The Morgan fingerprint density at radius 3 is 1.81 bits per heavy atom. The molecule has 2 aromatic carbocycles. The molecule has 80 heavy (non-hydrogen) atoms. The second-order valence-corrected chi connectivity index (χ2v) is 19.5. The second-order valence-electron chi connectivity index (χ2n) is 18.0. The van der Waals surface area contributed by atoms with Crippen LogP contribution in [0, 0.1) is 3.57 Å². The molecule has 0 bridgehead atoms. The molecule has 4 atom stereocenters. The Hall–Kier alpha value is -7.09. The molecule has 0 aliphatic carbocycles. The second kappa shape index (κ2) is 39.3. The number of halogens is 1. The molecule has 4 unspecified atom stereocenters. The lowest BCUT2D eigenvalue weighted by Gasteiger charge is -2.22. The van der Waals surface area contributed by atoms with E-state index in [1.807, 2.05) is 24.3 Å². The fourth-order valence-corrected chi connectivity index (χ4v) is 7.88. The minimum Gasteiger partial charge on any atom is -0.481 e. The van der Waals surface area contributed by atoms with Gasteiger partial charge in [-0.15, -0.1) is 5.10 Å². The van der Waals surface area contributed by atoms with Crippen molar-refractivity contribution in [1.29, 1.82) is 0 Å². The van der Waals surface area contributed by atoms with E-state index >= 15 is 0 Å². The monoisotopic (exact) mass is 1250 g/mol. The van der Waals surface area contributed by atoms with Gasteiger partial charge in [0.1, 0.15) is 29.9 Å². The van der Waals surface area contributed by atoms with E-state index in [0.29, 0.717) is 75.3 Å². The van der Waals surface area contributed by atoms with Crippen molar-refractivity contribution in [2.24, 2.45) is 0 Å². The molecule has 0 saturated carbocycles. The van der Waals surface area contributed by atoms with Crippen molar-refractivity contribution >= 4 is 99.6 Å². The number of carbonyl (C=O) groups excluding carboxylic acids is 5. The van der Waals surface area contributed by atoms with E-state index in [-0.39, 0.29) is 90.4 Å². The summed E-state index contributed by atoms with van der Waals surface area (Å²) in [6.45, 7) is 2.87. The van der Waals surface area contributed by atoms with Crippen LogP contribution in [0.5, 0.6) is 0 Å². The fraction of sp³-hybridized carbons (Fsp3) is 0.529. The lowest BCUT2D eigenvalue weighted by Crippen LogP contribution is -2.51. The van der Waals surface area contributed by atoms with Crippen molar-refractivity contribution in [3.63, 3.8) is 0 Å². The van der Waals surface area contributed by atoms with E-state index in [0.717, 1.165) is 9.13 Å². The molecule has 1 aromatic heterocycles. The van der Waals surface area contributed by atoms with Crippen molar-refractivity contribution in [2.75, 3.05) is 64.6 Å². The first-order valence-corrected chi connectivity index (χ1v) is 27.5. The number of nitrogens with one attached hydrogen (secondary N) is 8. The third-order valence-electron chi connectivity index (χ3n) is 11.6. The number of unbranched alkanes of at least 4 members (excludes halogenated alkanes) is 3. The molecule has 3 rings (SSSR count). The number of aliphatic carboxylic acids is 4. The highest BCUT2D eigenvalue weighted by Gasteiger charge is 2.27. The topological polar surface area (TPSA) is 389 Å². The van der Waals surface area contributed by atoms with Crippen LogP contribution in [0.25, 0.3) is 11.3 Å². The molecule has 12 N–H and O–H groups in total. The first-order chi connectivity index (χ1) is 38.4. The standard InChI is InChI=1S/C51H72IN11O16S/c52-36-15-13-34(14-16-36)30-44(65)54-21-5-2-11-39(47(69)70)58-46(68)38(10-1-4-20-53-33-80)57-43(64)19-24-77-26-28-79-29-27-78-25-23-63-32-42(61-62-63)35-8-7-9-37(31-35)56-50(75)55-22-6-3-12-40(48(71)72)59-51(76)60-41(49(73)74)17-18-45(66)67/h7-9,13-16,31-33,38-41H,1-6,10-12,17-30H2,(H,53,80)(H,54,65)(H,57,64)(H,58,68)(H,66,67)(H,69,70)(H,71,72)(H,73,74)(H2,55,56,75)(H2,59,60,76). The zero-order valence-electron chi connectivity index (χ0n) is 44.2. The van der Waals surface area contributed by atoms with Gasteiger partial charge < -0.3 is 77.2 Å². The van der Waals surface area contributed by atoms with Gasteiger partial charge in [-0.3, -0.25) is 19.2 Å². The van der Waals surface area contributed by atoms with Gasteiger partial charge in [-0.25, -0.2) is 28.7 Å². The Labute approximate surface area is 481 Å². The minimum absolute atomic E-state index is 0.0255. The van der Waals surface area contributed by atoms with Crippen LogP contribution >= 0.6 is 34.8 Å². The van der Waals surface area contributed by atoms with Gasteiger partial charge in [-0.1, -0.05) is 41.7 Å². The quantitative estimate of drug-likeness (QED) is 0.0220. The highest BCUT2D eigenvalue weighted by molar-refractivity contribution is 14.1. The van der Waals surface area contributed by atoms with E-state index in [9.17, 15) is 58.5 Å². The van der Waals surface area contributed by atoms with Crippen LogP contribution < -0.4 is 42.5 Å². The molecule has 0 saturated heterocycles. The molecular formula is C51H72IN11O16S. The van der Waals surface area contributed by atoms with Gasteiger partial charge in [0.2, 0.25) is 17.7 Å². The van der Waals surface area contributed by atoms with Crippen molar-refractivity contribution in [3.05, 3.63) is 63.9 Å². The van der Waals surface area contributed by atoms with Crippen molar-refractivity contribution in [2.45, 2.75) is 114 Å². The van der Waals surface area contributed by atoms with Crippen LogP contribution in [0.4, 0.5) is 15.3 Å². The first kappa shape index (κ1) is 67.2. The molecule has 3 aromatic rings. The maximum absolute atomic E-state index is 13.3. The number of carbonyl (C=O) groups is 9. The molecule has 440 valence electrons. The molecule has 0 spiro atoms. The molecular weight excluding hydrogens is 1180 g/mol. The largest absolute Gasteiger partial charge is 0.481 e. The molecule has 0 fully saturated rings. The number of amides is 7. The van der Waals surface area contributed by atoms with Crippen molar-refractivity contribution < 1.29 is 77.8 Å². The summed E-state index contributed by atoms with van der Waals surface area (Å²) in [5, 5.41) is 66.4. The predicted octanol–water partition coefficient (Wildman–Crippen LogP) is 2.65. The molecule has 1 heterocycles. The Kier molecular flexibility index (Phi) is 33.0. The average Bonchev–Trinajstić information content (AvgIpc) is 3.89. The Morgan fingerprint density at radius 1 is 0.613 bits per heavy atom. The maximum Gasteiger partial charge on any atom is 0.326 e. The lowest BCUT2D eigenvalue weighted by molar-refractivity contribution is -0.142. The molecule has 27 nitrogen and oxygen atoms in total. The number of carboxylic acids is 4. The van der Waals surface area contributed by atoms with E-state index in [2.05, 4.69) is 75.4 Å². The summed E-state index contributed by atoms with van der Waals surface area (Å²) in [5.74, 6) is -6.46. The fourth-order valence-electron chi connectivity index (χ4n) is 7.40. The van der Waals surface area contributed by atoms with Crippen LogP contribution in [0.15, 0.2) is 54.7 Å². The third-order valence-corrected chi connectivity index (χ3v) is 12.5. The molecule has 0 aliphatic heterocycles. The average molecular weight is 1250 g/mol. The first-order valence-electron chi connectivity index (χ1n) is 26.0. The van der Waals surface area contributed by atoms with Crippen LogP contribution in [0.3, 0.4) is 0 Å². The van der Waals surface area contributed by atoms with E-state index in [4.69, 9.17) is 31.5 Å². The van der Waals surface area contributed by atoms with Gasteiger partial charge in [-0.05, 0) is 117 Å². The highest BCUT2D eigenvalue weighted by atomic mass is 127. The number of hydrogen-bond acceptors (Lipinski definition) is 15. The summed E-state index contributed by atoms with van der Waals surface area (Å²) in [5.41, 5.74) is 3.97. The number of anilines is 1. The Bertz CT molecular complexity index is 2450. The lowest BCUT2D eigenvalue weighted by atomic mass is 10.1. The normalized spacial score (nSPS) is 12.4. The summed E-state index contributed by atoms with van der Waals surface area (Å²) < 4.78 is 19.5. The van der Waals surface area contributed by atoms with Gasteiger partial charge in [0.15, 0.2) is 0 Å². The van der Waals surface area contributed by atoms with E-state index in [1.54, 1.807) is 35.1 Å². The number of carboxylic acid groups (broad SMARTS) is 4. The molecule has 7 amide bonds. The van der Waals surface area contributed by atoms with Crippen molar-refractivity contribution in [3.8, 4) is 11.3 Å². The number of urea groups is 2. The number of thiocarbonyl (C=S) groups is 1. The predicted molar refractivity (Wildman–Crippen MR) is 302 cm³/mol. The number of rotatable bonds is 43. The summed E-state index contributed by atoms with van der Waals surface area (Å²) in [7, 11) is 0. The van der Waals surface area contributed by atoms with Gasteiger partial charge in [0.25, 0.3) is 0 Å². The number of benzene rings is 2. The van der Waals surface area contributed by atoms with Crippen LogP contribution in [-0.2, 0) is 60.7 Å². The molecule has 29 heteroatoms. The van der Waals surface area contributed by atoms with Crippen LogP contribution in [-0.4, -0.2) is 178 Å². The molecule has 0 aliphatic rings. The number of aromatic nitrogens is 3. The van der Waals surface area contributed by atoms with Crippen molar-refractivity contribution in [1.82, 2.24) is 52.2 Å². The van der Waals surface area contributed by atoms with Gasteiger partial charge in [-0.2, -0.15) is 0 Å². The van der Waals surface area contributed by atoms with Gasteiger partial charge in [0.05, 0.1) is 64.3 Å². The number of ether oxygens (including phenoxy) is 3. The van der Waals surface area contributed by atoms with Crippen LogP contribution in [0.2, 0.25) is 0 Å². The Balaban J connectivity index is 1.28. The summed E-state index contributed by atoms with van der Waals surface area (Å²) in [4.78, 5) is 109. The smallest absolute Gasteiger partial charge is 0.326 e. The SMILES string of the molecule is O=C(O)CCC(NC(=O)NC(CCCCNC(=O)Nc1cccc(-c2cn(CCOCCOCCOCCC(=O)NC(CCCCNC=S)C(=O)NC(CCCCNC(=O)Cc3ccc(I)cc3)C(=O)O)nn2)c1)C(=O)O)C(=O)O. The zero-order chi connectivity index (χ0) is 58.5. The maximum atomic E-state index is 13.3. The highest BCUT2D eigenvalue weighted by Crippen LogP contribution is 2.20. The molecule has 0 radical (unpaired) electrons. The summed E-state index contributed by atoms with van der Waals surface area (Å²) >= 11 is 6.98. The number of nitrogens with zero attached hydrogens (tertiary/aromatic N) is 3. The van der Waals surface area contributed by atoms with Gasteiger partial charge >= 0.3 is 35.9 Å². The van der Waals surface area contributed by atoms with E-state index in [1.165, 1.54) is 5.49 Å². The number of hydrogen-bond donors (Lipinski definition) is 12. The minimum atomic E-state index is -1.52. The van der Waals surface area contributed by atoms with Crippen LogP contribution in [0.1, 0.15) is 82.6 Å². The Morgan fingerprint density at radius 2 is 1.19 bits per heavy atom. The van der Waals surface area contributed by atoms with E-state index < -0.39 is 78.3 Å². The van der Waals surface area contributed by atoms with Gasteiger partial charge in [0, 0.05) is 47.3 Å². The summed E-state index contributed by atoms with van der Waals surface area (Å²) in [6, 6.07) is 7.91. The zero-order valence-corrected chi connectivity index (χ0v) is 47.1.